The monoisotopic (exact) mass is 376 g/mol. The van der Waals surface area contributed by atoms with Crippen molar-refractivity contribution in [2.24, 2.45) is 0 Å². The van der Waals surface area contributed by atoms with Gasteiger partial charge in [-0.1, -0.05) is 36.4 Å². The molecule has 6 heteroatoms. The van der Waals surface area contributed by atoms with E-state index in [2.05, 4.69) is 10.6 Å². The Bertz CT molecular complexity index is 940. The Morgan fingerprint density at radius 1 is 0.750 bits per heavy atom. The molecular weight excluding hydrogens is 356 g/mol. The van der Waals surface area contributed by atoms with Crippen molar-refractivity contribution in [1.29, 1.82) is 0 Å². The van der Waals surface area contributed by atoms with Gasteiger partial charge in [0.15, 0.2) is 0 Å². The summed E-state index contributed by atoms with van der Waals surface area (Å²) in [5.74, 6) is -0.273. The number of benzene rings is 3. The zero-order valence-corrected chi connectivity index (χ0v) is 15.3. The van der Waals surface area contributed by atoms with E-state index < -0.39 is 11.8 Å². The van der Waals surface area contributed by atoms with Gasteiger partial charge < -0.3 is 20.1 Å². The van der Waals surface area contributed by atoms with Gasteiger partial charge in [0.2, 0.25) is 0 Å². The zero-order chi connectivity index (χ0) is 19.8. The van der Waals surface area contributed by atoms with Crippen LogP contribution in [-0.4, -0.2) is 18.9 Å². The van der Waals surface area contributed by atoms with Gasteiger partial charge >= 0.3 is 11.8 Å². The zero-order valence-electron chi connectivity index (χ0n) is 15.3. The SMILES string of the molecule is COc1cccc(NC(=O)C(=O)Nc2ccc(OCc3ccccc3)cc2)c1. The Labute approximate surface area is 163 Å². The van der Waals surface area contributed by atoms with Crippen LogP contribution in [0.1, 0.15) is 5.56 Å². The molecule has 0 radical (unpaired) electrons. The fourth-order valence-corrected chi connectivity index (χ4v) is 2.45. The quantitative estimate of drug-likeness (QED) is 0.641. The number of methoxy groups -OCH3 is 1. The Hall–Kier alpha value is -3.80. The molecule has 0 aliphatic heterocycles. The molecule has 2 amide bonds. The Morgan fingerprint density at radius 3 is 2.11 bits per heavy atom. The topological polar surface area (TPSA) is 76.7 Å². The van der Waals surface area contributed by atoms with Crippen LogP contribution >= 0.6 is 0 Å². The van der Waals surface area contributed by atoms with Crippen LogP contribution in [0, 0.1) is 0 Å². The van der Waals surface area contributed by atoms with Gasteiger partial charge in [0.1, 0.15) is 18.1 Å². The van der Waals surface area contributed by atoms with E-state index in [1.165, 1.54) is 7.11 Å². The molecule has 0 saturated heterocycles. The van der Waals surface area contributed by atoms with Crippen molar-refractivity contribution in [3.05, 3.63) is 84.4 Å². The molecular formula is C22H20N2O4. The number of carbonyl (C=O) groups is 2. The number of hydrogen-bond acceptors (Lipinski definition) is 4. The molecule has 0 fully saturated rings. The summed E-state index contributed by atoms with van der Waals surface area (Å²) in [4.78, 5) is 24.1. The summed E-state index contributed by atoms with van der Waals surface area (Å²) in [5.41, 5.74) is 2.04. The number of carbonyl (C=O) groups excluding carboxylic acids is 2. The molecule has 0 aliphatic carbocycles. The highest BCUT2D eigenvalue weighted by molar-refractivity contribution is 6.43. The third-order valence-electron chi connectivity index (χ3n) is 3.89. The lowest BCUT2D eigenvalue weighted by atomic mass is 10.2. The molecule has 0 aliphatic rings. The van der Waals surface area contributed by atoms with E-state index in [-0.39, 0.29) is 0 Å². The minimum absolute atomic E-state index is 0.454. The van der Waals surface area contributed by atoms with Gasteiger partial charge in [0.05, 0.1) is 7.11 Å². The lowest BCUT2D eigenvalue weighted by Gasteiger charge is -2.09. The molecule has 28 heavy (non-hydrogen) atoms. The van der Waals surface area contributed by atoms with Crippen LogP contribution < -0.4 is 20.1 Å². The normalized spacial score (nSPS) is 10.0. The highest BCUT2D eigenvalue weighted by atomic mass is 16.5. The first-order chi connectivity index (χ1) is 13.6. The lowest BCUT2D eigenvalue weighted by Crippen LogP contribution is -2.29. The second-order valence-electron chi connectivity index (χ2n) is 5.94. The molecule has 0 atom stereocenters. The first kappa shape index (κ1) is 19.0. The maximum Gasteiger partial charge on any atom is 0.314 e. The molecule has 142 valence electrons. The fraction of sp³-hybridized carbons (Fsp3) is 0.0909. The van der Waals surface area contributed by atoms with Crippen LogP contribution in [0.15, 0.2) is 78.9 Å². The molecule has 3 rings (SSSR count). The largest absolute Gasteiger partial charge is 0.497 e. The molecule has 0 heterocycles. The van der Waals surface area contributed by atoms with Gasteiger partial charge in [-0.25, -0.2) is 0 Å². The highest BCUT2D eigenvalue weighted by Crippen LogP contribution is 2.18. The van der Waals surface area contributed by atoms with Crippen LogP contribution in [-0.2, 0) is 16.2 Å². The van der Waals surface area contributed by atoms with Crippen molar-refractivity contribution in [3.63, 3.8) is 0 Å². The molecule has 0 bridgehead atoms. The van der Waals surface area contributed by atoms with Crippen molar-refractivity contribution in [3.8, 4) is 11.5 Å². The van der Waals surface area contributed by atoms with Gasteiger partial charge in [-0.05, 0) is 42.0 Å². The average molecular weight is 376 g/mol. The predicted molar refractivity (Wildman–Crippen MR) is 107 cm³/mol. The van der Waals surface area contributed by atoms with E-state index in [0.29, 0.717) is 29.5 Å². The third kappa shape index (κ3) is 5.35. The number of anilines is 2. The highest BCUT2D eigenvalue weighted by Gasteiger charge is 2.14. The summed E-state index contributed by atoms with van der Waals surface area (Å²) in [6.07, 6.45) is 0. The summed E-state index contributed by atoms with van der Waals surface area (Å²) < 4.78 is 10.8. The molecule has 0 aromatic heterocycles. The third-order valence-corrected chi connectivity index (χ3v) is 3.89. The Morgan fingerprint density at radius 2 is 1.43 bits per heavy atom. The summed E-state index contributed by atoms with van der Waals surface area (Å²) in [7, 11) is 1.53. The minimum atomic E-state index is -0.766. The number of hydrogen-bond donors (Lipinski definition) is 2. The molecule has 6 nitrogen and oxygen atoms in total. The van der Waals surface area contributed by atoms with Gasteiger partial charge in [0.25, 0.3) is 0 Å². The van der Waals surface area contributed by atoms with Gasteiger partial charge in [-0.2, -0.15) is 0 Å². The second kappa shape index (κ2) is 9.23. The number of rotatable bonds is 6. The minimum Gasteiger partial charge on any atom is -0.497 e. The molecule has 0 unspecified atom stereocenters. The summed E-state index contributed by atoms with van der Waals surface area (Å²) in [5, 5.41) is 5.08. The van der Waals surface area contributed by atoms with Crippen molar-refractivity contribution < 1.29 is 19.1 Å². The first-order valence-electron chi connectivity index (χ1n) is 8.67. The fourth-order valence-electron chi connectivity index (χ4n) is 2.45. The molecule has 0 saturated carbocycles. The lowest BCUT2D eigenvalue weighted by molar-refractivity contribution is -0.132. The van der Waals surface area contributed by atoms with Crippen molar-refractivity contribution >= 4 is 23.2 Å². The van der Waals surface area contributed by atoms with Crippen LogP contribution in [0.3, 0.4) is 0 Å². The van der Waals surface area contributed by atoms with E-state index in [1.54, 1.807) is 48.5 Å². The van der Waals surface area contributed by atoms with Gasteiger partial charge in [0, 0.05) is 17.4 Å². The van der Waals surface area contributed by atoms with Crippen molar-refractivity contribution in [1.82, 2.24) is 0 Å². The van der Waals surface area contributed by atoms with E-state index in [9.17, 15) is 9.59 Å². The Kier molecular flexibility index (Phi) is 6.25. The van der Waals surface area contributed by atoms with Gasteiger partial charge in [-0.15, -0.1) is 0 Å². The molecule has 3 aromatic rings. The van der Waals surface area contributed by atoms with E-state index in [0.717, 1.165) is 5.56 Å². The summed E-state index contributed by atoms with van der Waals surface area (Å²) in [6.45, 7) is 0.454. The first-order valence-corrected chi connectivity index (χ1v) is 8.67. The molecule has 3 aromatic carbocycles. The maximum atomic E-state index is 12.1. The Balaban J connectivity index is 1.52. The standard InChI is InChI=1S/C22H20N2O4/c1-27-20-9-5-8-18(14-20)24-22(26)21(25)23-17-10-12-19(13-11-17)28-15-16-6-3-2-4-7-16/h2-14H,15H2,1H3,(H,23,25)(H,24,26). The van der Waals surface area contributed by atoms with E-state index in [4.69, 9.17) is 9.47 Å². The summed E-state index contributed by atoms with van der Waals surface area (Å²) in [6, 6.07) is 23.4. The maximum absolute atomic E-state index is 12.1. The van der Waals surface area contributed by atoms with Crippen LogP contribution in [0.5, 0.6) is 11.5 Å². The smallest absolute Gasteiger partial charge is 0.314 e. The second-order valence-corrected chi connectivity index (χ2v) is 5.94. The predicted octanol–water partition coefficient (Wildman–Crippen LogP) is 3.85. The number of ether oxygens (including phenoxy) is 2. The average Bonchev–Trinajstić information content (AvgIpc) is 2.74. The van der Waals surface area contributed by atoms with Gasteiger partial charge in [-0.3, -0.25) is 9.59 Å². The van der Waals surface area contributed by atoms with Crippen LogP contribution in [0.4, 0.5) is 11.4 Å². The number of nitrogens with one attached hydrogen (secondary N) is 2. The molecule has 0 spiro atoms. The summed E-state index contributed by atoms with van der Waals surface area (Å²) >= 11 is 0. The van der Waals surface area contributed by atoms with Crippen LogP contribution in [0.2, 0.25) is 0 Å². The van der Waals surface area contributed by atoms with E-state index in [1.807, 2.05) is 30.3 Å². The number of amides is 2. The van der Waals surface area contributed by atoms with Crippen molar-refractivity contribution in [2.75, 3.05) is 17.7 Å². The molecule has 2 N–H and O–H groups in total. The van der Waals surface area contributed by atoms with Crippen molar-refractivity contribution in [2.45, 2.75) is 6.61 Å². The van der Waals surface area contributed by atoms with E-state index >= 15 is 0 Å². The van der Waals surface area contributed by atoms with Crippen LogP contribution in [0.25, 0.3) is 0 Å².